The second-order valence-corrected chi connectivity index (χ2v) is 4.68. The van der Waals surface area contributed by atoms with Crippen molar-refractivity contribution in [1.82, 2.24) is 0 Å². The van der Waals surface area contributed by atoms with E-state index in [9.17, 15) is 4.79 Å². The predicted molar refractivity (Wildman–Crippen MR) is 56.0 cm³/mol. The number of allylic oxidation sites excluding steroid dienone is 2. The van der Waals surface area contributed by atoms with Gasteiger partial charge in [0.25, 0.3) is 0 Å². The Labute approximate surface area is 90.4 Å². The van der Waals surface area contributed by atoms with Gasteiger partial charge in [0.05, 0.1) is 12.0 Å². The summed E-state index contributed by atoms with van der Waals surface area (Å²) in [5.41, 5.74) is 0. The lowest BCUT2D eigenvalue weighted by Crippen LogP contribution is -2.23. The number of esters is 1. The molecule has 2 aliphatic carbocycles. The average molecular weight is 210 g/mol. The number of hydrogen-bond acceptors (Lipinski definition) is 3. The number of rotatable bonds is 4. The van der Waals surface area contributed by atoms with E-state index >= 15 is 0 Å². The Balaban J connectivity index is 1.75. The molecule has 1 saturated carbocycles. The van der Waals surface area contributed by atoms with Crippen LogP contribution in [0.2, 0.25) is 0 Å². The van der Waals surface area contributed by atoms with Crippen LogP contribution >= 0.6 is 0 Å². The Bertz CT molecular complexity index is 270. The molecule has 0 N–H and O–H groups in total. The molecule has 2 bridgehead atoms. The van der Waals surface area contributed by atoms with Gasteiger partial charge >= 0.3 is 5.97 Å². The summed E-state index contributed by atoms with van der Waals surface area (Å²) in [6.45, 7) is 3.94. The maximum absolute atomic E-state index is 11.7. The molecule has 0 amide bonds. The van der Waals surface area contributed by atoms with Crippen molar-refractivity contribution in [3.8, 4) is 0 Å². The van der Waals surface area contributed by atoms with E-state index in [1.165, 1.54) is 0 Å². The quantitative estimate of drug-likeness (QED) is 0.405. The lowest BCUT2D eigenvalue weighted by atomic mass is 9.94. The van der Waals surface area contributed by atoms with E-state index in [4.69, 9.17) is 9.47 Å². The molecule has 0 heterocycles. The van der Waals surface area contributed by atoms with Crippen LogP contribution in [-0.4, -0.2) is 18.9 Å². The molecule has 3 atom stereocenters. The van der Waals surface area contributed by atoms with Crippen molar-refractivity contribution in [2.45, 2.75) is 32.8 Å². The van der Waals surface area contributed by atoms with Gasteiger partial charge in [0.1, 0.15) is 0 Å². The Morgan fingerprint density at radius 1 is 1.40 bits per heavy atom. The van der Waals surface area contributed by atoms with E-state index in [1.807, 2.05) is 13.8 Å². The van der Waals surface area contributed by atoms with E-state index in [2.05, 4.69) is 12.2 Å². The fraction of sp³-hybridized carbons (Fsp3) is 0.750. The topological polar surface area (TPSA) is 35.5 Å². The molecule has 3 unspecified atom stereocenters. The van der Waals surface area contributed by atoms with Gasteiger partial charge in [0, 0.05) is 0 Å². The van der Waals surface area contributed by atoms with Crippen molar-refractivity contribution >= 4 is 5.97 Å². The standard InChI is InChI=1S/C12H18O3/c1-8(2)14-7-15-12(13)11-6-9-3-4-10(11)5-9/h3-4,8-11H,5-7H2,1-2H3. The molecule has 2 rings (SSSR count). The molecule has 2 aliphatic rings. The molecule has 0 aromatic rings. The first-order chi connectivity index (χ1) is 7.16. The average Bonchev–Trinajstić information content (AvgIpc) is 2.77. The number of fused-ring (bicyclic) bond motifs is 2. The third-order valence-corrected chi connectivity index (χ3v) is 3.18. The summed E-state index contributed by atoms with van der Waals surface area (Å²) in [6.07, 6.45) is 6.58. The Kier molecular flexibility index (Phi) is 3.10. The number of ether oxygens (including phenoxy) is 2. The van der Waals surface area contributed by atoms with Crippen LogP contribution in [0.15, 0.2) is 12.2 Å². The van der Waals surface area contributed by atoms with Crippen LogP contribution in [0.25, 0.3) is 0 Å². The Morgan fingerprint density at radius 2 is 2.20 bits per heavy atom. The molecule has 84 valence electrons. The smallest absolute Gasteiger partial charge is 0.311 e. The lowest BCUT2D eigenvalue weighted by Gasteiger charge is -2.17. The maximum atomic E-state index is 11.7. The SMILES string of the molecule is CC(C)OCOC(=O)C1CC2C=CC1C2. The predicted octanol–water partition coefficient (Wildman–Crippen LogP) is 2.12. The molecule has 0 aromatic heterocycles. The summed E-state index contributed by atoms with van der Waals surface area (Å²) in [5.74, 6) is 1.02. The molecular formula is C12H18O3. The number of carbonyl (C=O) groups is 1. The van der Waals surface area contributed by atoms with E-state index in [1.54, 1.807) is 0 Å². The zero-order chi connectivity index (χ0) is 10.8. The maximum Gasteiger partial charge on any atom is 0.311 e. The summed E-state index contributed by atoms with van der Waals surface area (Å²) in [7, 11) is 0. The van der Waals surface area contributed by atoms with E-state index in [0.29, 0.717) is 11.8 Å². The highest BCUT2D eigenvalue weighted by Crippen LogP contribution is 2.43. The van der Waals surface area contributed by atoms with Crippen molar-refractivity contribution < 1.29 is 14.3 Å². The third kappa shape index (κ3) is 2.40. The first-order valence-electron chi connectivity index (χ1n) is 5.63. The zero-order valence-corrected chi connectivity index (χ0v) is 9.31. The molecule has 15 heavy (non-hydrogen) atoms. The minimum atomic E-state index is -0.0903. The zero-order valence-electron chi connectivity index (χ0n) is 9.31. The van der Waals surface area contributed by atoms with Crippen molar-refractivity contribution in [2.75, 3.05) is 6.79 Å². The fourth-order valence-corrected chi connectivity index (χ4v) is 2.39. The molecule has 1 fully saturated rings. The van der Waals surface area contributed by atoms with Gasteiger partial charge in [-0.05, 0) is 38.5 Å². The highest BCUT2D eigenvalue weighted by Gasteiger charge is 2.40. The van der Waals surface area contributed by atoms with Gasteiger partial charge in [-0.15, -0.1) is 0 Å². The lowest BCUT2D eigenvalue weighted by molar-refractivity contribution is -0.165. The highest BCUT2D eigenvalue weighted by atomic mass is 16.7. The first-order valence-corrected chi connectivity index (χ1v) is 5.63. The summed E-state index contributed by atoms with van der Waals surface area (Å²) in [4.78, 5) is 11.7. The van der Waals surface area contributed by atoms with Crippen LogP contribution in [0.1, 0.15) is 26.7 Å². The van der Waals surface area contributed by atoms with Crippen LogP contribution in [-0.2, 0) is 14.3 Å². The number of carbonyl (C=O) groups excluding carboxylic acids is 1. The Morgan fingerprint density at radius 3 is 2.73 bits per heavy atom. The van der Waals surface area contributed by atoms with Crippen LogP contribution in [0.3, 0.4) is 0 Å². The van der Waals surface area contributed by atoms with Crippen LogP contribution in [0.4, 0.5) is 0 Å². The normalized spacial score (nSPS) is 32.6. The third-order valence-electron chi connectivity index (χ3n) is 3.18. The van der Waals surface area contributed by atoms with Gasteiger partial charge in [-0.3, -0.25) is 4.79 Å². The minimum Gasteiger partial charge on any atom is -0.438 e. The minimum absolute atomic E-state index is 0.0794. The van der Waals surface area contributed by atoms with Gasteiger partial charge in [0.2, 0.25) is 0 Å². The van der Waals surface area contributed by atoms with Crippen LogP contribution in [0, 0.1) is 17.8 Å². The first kappa shape index (κ1) is 10.7. The molecule has 0 aromatic carbocycles. The largest absolute Gasteiger partial charge is 0.438 e. The molecule has 0 aliphatic heterocycles. The molecular weight excluding hydrogens is 192 g/mol. The monoisotopic (exact) mass is 210 g/mol. The second-order valence-electron chi connectivity index (χ2n) is 4.68. The van der Waals surface area contributed by atoms with Gasteiger partial charge < -0.3 is 9.47 Å². The summed E-state index contributed by atoms with van der Waals surface area (Å²) < 4.78 is 10.3. The summed E-state index contributed by atoms with van der Waals surface area (Å²) in [5, 5.41) is 0. The van der Waals surface area contributed by atoms with Gasteiger partial charge in [0.15, 0.2) is 6.79 Å². The van der Waals surface area contributed by atoms with Crippen molar-refractivity contribution in [3.63, 3.8) is 0 Å². The molecule has 3 nitrogen and oxygen atoms in total. The second kappa shape index (κ2) is 4.35. The molecule has 3 heteroatoms. The molecule has 0 spiro atoms. The fourth-order valence-electron chi connectivity index (χ4n) is 2.39. The molecule has 0 saturated heterocycles. The van der Waals surface area contributed by atoms with Crippen molar-refractivity contribution in [1.29, 1.82) is 0 Å². The van der Waals surface area contributed by atoms with E-state index in [0.717, 1.165) is 12.8 Å². The highest BCUT2D eigenvalue weighted by molar-refractivity contribution is 5.74. The van der Waals surface area contributed by atoms with Crippen molar-refractivity contribution in [2.24, 2.45) is 17.8 Å². The van der Waals surface area contributed by atoms with Gasteiger partial charge in [-0.25, -0.2) is 0 Å². The van der Waals surface area contributed by atoms with E-state index in [-0.39, 0.29) is 24.8 Å². The summed E-state index contributed by atoms with van der Waals surface area (Å²) in [6, 6.07) is 0. The summed E-state index contributed by atoms with van der Waals surface area (Å²) >= 11 is 0. The van der Waals surface area contributed by atoms with E-state index < -0.39 is 0 Å². The van der Waals surface area contributed by atoms with Gasteiger partial charge in [-0.1, -0.05) is 12.2 Å². The Hall–Kier alpha value is -0.830. The molecule has 0 radical (unpaired) electrons. The van der Waals surface area contributed by atoms with Crippen LogP contribution in [0.5, 0.6) is 0 Å². The number of hydrogen-bond donors (Lipinski definition) is 0. The van der Waals surface area contributed by atoms with Gasteiger partial charge in [-0.2, -0.15) is 0 Å². The van der Waals surface area contributed by atoms with Crippen molar-refractivity contribution in [3.05, 3.63) is 12.2 Å². The van der Waals surface area contributed by atoms with Crippen LogP contribution < -0.4 is 0 Å².